The summed E-state index contributed by atoms with van der Waals surface area (Å²) in [5.41, 5.74) is 1.12. The Kier molecular flexibility index (Phi) is 4.44. The molecular formula is C15H22N4O2S. The van der Waals surface area contributed by atoms with Crippen molar-refractivity contribution in [2.24, 2.45) is 5.92 Å². The van der Waals surface area contributed by atoms with Gasteiger partial charge in [0, 0.05) is 58.1 Å². The minimum absolute atomic E-state index is 0.0795. The van der Waals surface area contributed by atoms with Crippen LogP contribution in [-0.2, 0) is 16.1 Å². The highest BCUT2D eigenvalue weighted by Gasteiger charge is 2.35. The molecule has 1 aromatic rings. The molecule has 7 heteroatoms. The Balaban J connectivity index is 1.49. The van der Waals surface area contributed by atoms with Crippen LogP contribution in [0.3, 0.4) is 0 Å². The van der Waals surface area contributed by atoms with Crippen LogP contribution in [0.25, 0.3) is 0 Å². The first-order valence-corrected chi connectivity index (χ1v) is 8.57. The number of carbonyl (C=O) groups is 2. The second-order valence-corrected chi connectivity index (χ2v) is 7.20. The van der Waals surface area contributed by atoms with Crippen molar-refractivity contribution in [1.29, 1.82) is 0 Å². The summed E-state index contributed by atoms with van der Waals surface area (Å²) in [5, 5.41) is 3.20. The summed E-state index contributed by atoms with van der Waals surface area (Å²) in [6.07, 6.45) is 0.369. The van der Waals surface area contributed by atoms with Crippen molar-refractivity contribution < 1.29 is 9.59 Å². The van der Waals surface area contributed by atoms with E-state index in [1.54, 1.807) is 23.3 Å². The van der Waals surface area contributed by atoms with Crippen LogP contribution in [0.5, 0.6) is 0 Å². The van der Waals surface area contributed by atoms with Gasteiger partial charge in [-0.2, -0.15) is 0 Å². The van der Waals surface area contributed by atoms with Crippen LogP contribution >= 0.6 is 11.3 Å². The number of likely N-dealkylation sites (tertiary alicyclic amines) is 1. The van der Waals surface area contributed by atoms with E-state index in [1.807, 2.05) is 11.8 Å². The lowest BCUT2D eigenvalue weighted by molar-refractivity contribution is -0.137. The van der Waals surface area contributed by atoms with E-state index in [0.717, 1.165) is 43.4 Å². The molecule has 1 atom stereocenters. The van der Waals surface area contributed by atoms with Gasteiger partial charge < -0.3 is 9.80 Å². The predicted octanol–water partition coefficient (Wildman–Crippen LogP) is 0.574. The summed E-state index contributed by atoms with van der Waals surface area (Å²) in [6, 6.07) is 0. The largest absolute Gasteiger partial charge is 0.345 e. The molecule has 0 aliphatic carbocycles. The molecule has 2 aliphatic heterocycles. The van der Waals surface area contributed by atoms with Crippen molar-refractivity contribution in [3.05, 3.63) is 16.1 Å². The van der Waals surface area contributed by atoms with Gasteiger partial charge in [0.25, 0.3) is 0 Å². The molecule has 0 N–H and O–H groups in total. The van der Waals surface area contributed by atoms with Gasteiger partial charge in [-0.05, 0) is 6.92 Å². The first kappa shape index (κ1) is 15.4. The third-order valence-corrected chi connectivity index (χ3v) is 5.25. The lowest BCUT2D eigenvalue weighted by atomic mass is 10.1. The Morgan fingerprint density at radius 3 is 2.64 bits per heavy atom. The van der Waals surface area contributed by atoms with E-state index in [9.17, 15) is 9.59 Å². The molecule has 2 amide bonds. The molecule has 2 fully saturated rings. The van der Waals surface area contributed by atoms with Crippen LogP contribution in [0.1, 0.15) is 17.1 Å². The van der Waals surface area contributed by atoms with Gasteiger partial charge in [-0.25, -0.2) is 4.98 Å². The first-order chi connectivity index (χ1) is 10.5. The Bertz CT molecular complexity index is 566. The molecule has 0 saturated carbocycles. The molecule has 0 unspecified atom stereocenters. The summed E-state index contributed by atoms with van der Waals surface area (Å²) < 4.78 is 0. The van der Waals surface area contributed by atoms with Gasteiger partial charge in [0.1, 0.15) is 0 Å². The summed E-state index contributed by atoms with van der Waals surface area (Å²) in [4.78, 5) is 34.4. The summed E-state index contributed by atoms with van der Waals surface area (Å²) in [6.45, 7) is 6.68. The highest BCUT2D eigenvalue weighted by Crippen LogP contribution is 2.20. The highest BCUT2D eigenvalue weighted by atomic mass is 32.1. The fourth-order valence-corrected chi connectivity index (χ4v) is 3.73. The van der Waals surface area contributed by atoms with Crippen molar-refractivity contribution in [2.75, 3.05) is 39.8 Å². The topological polar surface area (TPSA) is 56.8 Å². The summed E-state index contributed by atoms with van der Waals surface area (Å²) >= 11 is 1.68. The second kappa shape index (κ2) is 6.34. The van der Waals surface area contributed by atoms with Crippen molar-refractivity contribution in [1.82, 2.24) is 19.7 Å². The van der Waals surface area contributed by atoms with Crippen molar-refractivity contribution in [3.8, 4) is 0 Å². The number of rotatable bonds is 3. The van der Waals surface area contributed by atoms with E-state index in [1.165, 1.54) is 0 Å². The Hall–Kier alpha value is -1.47. The number of piperazine rings is 1. The second-order valence-electron chi connectivity index (χ2n) is 6.13. The molecule has 3 rings (SSSR count). The average molecular weight is 322 g/mol. The number of aromatic nitrogens is 1. The smallest absolute Gasteiger partial charge is 0.228 e. The first-order valence-electron chi connectivity index (χ1n) is 7.69. The Morgan fingerprint density at radius 1 is 1.36 bits per heavy atom. The normalized spacial score (nSPS) is 23.4. The quantitative estimate of drug-likeness (QED) is 0.817. The highest BCUT2D eigenvalue weighted by molar-refractivity contribution is 7.09. The number of aryl methyl sites for hydroxylation is 1. The van der Waals surface area contributed by atoms with Gasteiger partial charge in [0.2, 0.25) is 11.8 Å². The van der Waals surface area contributed by atoms with Crippen LogP contribution in [-0.4, -0.2) is 71.3 Å². The lowest BCUT2D eigenvalue weighted by Crippen LogP contribution is -2.50. The van der Waals surface area contributed by atoms with Crippen LogP contribution in [0, 0.1) is 12.8 Å². The Morgan fingerprint density at radius 2 is 2.09 bits per heavy atom. The fraction of sp³-hybridized carbons (Fsp3) is 0.667. The van der Waals surface area contributed by atoms with E-state index in [2.05, 4.69) is 15.3 Å². The van der Waals surface area contributed by atoms with E-state index in [0.29, 0.717) is 13.0 Å². The predicted molar refractivity (Wildman–Crippen MR) is 84.5 cm³/mol. The van der Waals surface area contributed by atoms with Crippen LogP contribution < -0.4 is 0 Å². The number of amides is 2. The Labute approximate surface area is 134 Å². The number of nitrogens with zero attached hydrogens (tertiary/aromatic N) is 4. The molecule has 0 bridgehead atoms. The third kappa shape index (κ3) is 3.30. The number of thiazole rings is 1. The average Bonchev–Trinajstić information content (AvgIpc) is 3.05. The summed E-state index contributed by atoms with van der Waals surface area (Å²) in [5.74, 6) is 0.0722. The van der Waals surface area contributed by atoms with Crippen LogP contribution in [0.4, 0.5) is 0 Å². The van der Waals surface area contributed by atoms with Crippen molar-refractivity contribution in [2.45, 2.75) is 19.9 Å². The fourth-order valence-electron chi connectivity index (χ4n) is 3.12. The van der Waals surface area contributed by atoms with Gasteiger partial charge in [-0.15, -0.1) is 11.3 Å². The maximum absolute atomic E-state index is 12.5. The maximum atomic E-state index is 12.5. The lowest BCUT2D eigenvalue weighted by Gasteiger charge is -2.35. The minimum Gasteiger partial charge on any atom is -0.345 e. The molecule has 22 heavy (non-hydrogen) atoms. The van der Waals surface area contributed by atoms with E-state index in [-0.39, 0.29) is 17.7 Å². The molecule has 0 aromatic carbocycles. The van der Waals surface area contributed by atoms with E-state index < -0.39 is 0 Å². The molecule has 3 heterocycles. The third-order valence-electron chi connectivity index (χ3n) is 4.43. The van der Waals surface area contributed by atoms with E-state index >= 15 is 0 Å². The molecule has 2 saturated heterocycles. The van der Waals surface area contributed by atoms with Gasteiger partial charge in [-0.3, -0.25) is 14.5 Å². The molecule has 2 aliphatic rings. The number of hydrogen-bond donors (Lipinski definition) is 0. The minimum atomic E-state index is -0.148. The molecule has 6 nitrogen and oxygen atoms in total. The maximum Gasteiger partial charge on any atom is 0.228 e. The number of carbonyl (C=O) groups excluding carboxylic acids is 2. The van der Waals surface area contributed by atoms with Gasteiger partial charge in [0.15, 0.2) is 0 Å². The van der Waals surface area contributed by atoms with E-state index in [4.69, 9.17) is 0 Å². The van der Waals surface area contributed by atoms with Gasteiger partial charge in [0.05, 0.1) is 16.6 Å². The zero-order chi connectivity index (χ0) is 15.7. The summed E-state index contributed by atoms with van der Waals surface area (Å²) in [7, 11) is 1.77. The molecule has 1 aromatic heterocycles. The van der Waals surface area contributed by atoms with Gasteiger partial charge >= 0.3 is 0 Å². The zero-order valence-corrected chi connectivity index (χ0v) is 13.9. The molecule has 0 radical (unpaired) electrons. The monoisotopic (exact) mass is 322 g/mol. The molecular weight excluding hydrogens is 300 g/mol. The standard InChI is InChI=1S/C15H22N4O2S/c1-11-16-13(10-22-11)9-18-3-5-19(6-4-18)15(21)12-7-14(20)17(2)8-12/h10,12H,3-9H2,1-2H3/t12-/m1/s1. The zero-order valence-electron chi connectivity index (χ0n) is 13.1. The molecule has 120 valence electrons. The van der Waals surface area contributed by atoms with Crippen LogP contribution in [0.15, 0.2) is 5.38 Å². The van der Waals surface area contributed by atoms with Crippen LogP contribution in [0.2, 0.25) is 0 Å². The number of hydrogen-bond acceptors (Lipinski definition) is 5. The SMILES string of the molecule is Cc1nc(CN2CCN(C(=O)[C@@H]3CC(=O)N(C)C3)CC2)cs1. The van der Waals surface area contributed by atoms with Gasteiger partial charge in [-0.1, -0.05) is 0 Å². The van der Waals surface area contributed by atoms with Crippen molar-refractivity contribution in [3.63, 3.8) is 0 Å². The van der Waals surface area contributed by atoms with Crippen molar-refractivity contribution >= 4 is 23.2 Å². The molecule has 0 spiro atoms.